The summed E-state index contributed by atoms with van der Waals surface area (Å²) in [6, 6.07) is 7.40. The fraction of sp³-hybridized carbons (Fsp3) is 0.444. The minimum Gasteiger partial charge on any atom is -0.615 e. The number of thiazole rings is 1. The lowest BCUT2D eigenvalue weighted by atomic mass is 10.2. The first kappa shape index (κ1) is 18.7. The van der Waals surface area contributed by atoms with E-state index < -0.39 is 15.9 Å². The van der Waals surface area contributed by atoms with Gasteiger partial charge in [-0.05, 0) is 62.8 Å². The third-order valence-electron chi connectivity index (χ3n) is 4.52. The Morgan fingerprint density at radius 2 is 1.96 bits per heavy atom. The molecule has 1 fully saturated rings. The largest absolute Gasteiger partial charge is 0.615 e. The topological polar surface area (TPSA) is 65.0 Å². The Morgan fingerprint density at radius 3 is 2.60 bits per heavy atom. The van der Waals surface area contributed by atoms with Gasteiger partial charge in [0.05, 0.1) is 5.69 Å². The quantitative estimate of drug-likeness (QED) is 0.733. The first-order valence-electron chi connectivity index (χ1n) is 8.31. The predicted octanol–water partition coefficient (Wildman–Crippen LogP) is 4.87. The summed E-state index contributed by atoms with van der Waals surface area (Å²) in [5.41, 5.74) is 1.72. The van der Waals surface area contributed by atoms with Gasteiger partial charge in [0.1, 0.15) is 5.25 Å². The molecule has 1 amide bonds. The molecule has 0 radical (unpaired) electrons. The Hall–Kier alpha value is -1.08. The first-order valence-corrected chi connectivity index (χ1v) is 10.8. The molecule has 1 aromatic heterocycles. The lowest BCUT2D eigenvalue weighted by Gasteiger charge is -2.30. The fourth-order valence-electron chi connectivity index (χ4n) is 2.94. The molecule has 1 aromatic carbocycles. The Kier molecular flexibility index (Phi) is 5.73. The Balaban J connectivity index is 1.69. The molecule has 4 nitrogen and oxygen atoms in total. The highest BCUT2D eigenvalue weighted by atomic mass is 35.5. The van der Waals surface area contributed by atoms with Crippen molar-refractivity contribution in [3.63, 3.8) is 0 Å². The summed E-state index contributed by atoms with van der Waals surface area (Å²) in [5, 5.41) is 6.04. The van der Waals surface area contributed by atoms with Crippen LogP contribution in [0.5, 0.6) is 0 Å². The second-order valence-corrected chi connectivity index (χ2v) is 10.3. The summed E-state index contributed by atoms with van der Waals surface area (Å²) in [4.78, 5) is 17.1. The number of anilines is 1. The van der Waals surface area contributed by atoms with E-state index in [1.807, 2.05) is 29.6 Å². The van der Waals surface area contributed by atoms with E-state index in [0.717, 1.165) is 36.9 Å². The van der Waals surface area contributed by atoms with Crippen LogP contribution in [0.25, 0.3) is 11.3 Å². The zero-order chi connectivity index (χ0) is 18.0. The molecule has 134 valence electrons. The lowest BCUT2D eigenvalue weighted by molar-refractivity contribution is -0.117. The van der Waals surface area contributed by atoms with Gasteiger partial charge in [-0.3, -0.25) is 10.1 Å². The van der Waals surface area contributed by atoms with Crippen molar-refractivity contribution in [3.05, 3.63) is 34.7 Å². The Bertz CT molecular complexity index is 740. The van der Waals surface area contributed by atoms with Crippen LogP contribution < -0.4 is 5.32 Å². The summed E-state index contributed by atoms with van der Waals surface area (Å²) in [7, 11) is 0. The number of benzene rings is 1. The van der Waals surface area contributed by atoms with Crippen LogP contribution in [0.2, 0.25) is 5.02 Å². The third-order valence-corrected chi connectivity index (χ3v) is 7.80. The second-order valence-electron chi connectivity index (χ2n) is 6.71. The predicted molar refractivity (Wildman–Crippen MR) is 106 cm³/mol. The highest BCUT2D eigenvalue weighted by molar-refractivity contribution is 7.94. The molecule has 1 N–H and O–H groups in total. The highest BCUT2D eigenvalue weighted by Crippen LogP contribution is 2.33. The van der Waals surface area contributed by atoms with Gasteiger partial charge in [-0.2, -0.15) is 0 Å². The average molecular weight is 397 g/mol. The van der Waals surface area contributed by atoms with Crippen LogP contribution in [0.15, 0.2) is 29.6 Å². The maximum absolute atomic E-state index is 12.8. The van der Waals surface area contributed by atoms with Gasteiger partial charge in [-0.25, -0.2) is 4.98 Å². The molecule has 1 heterocycles. The minimum atomic E-state index is -1.19. The number of amides is 1. The van der Waals surface area contributed by atoms with Crippen molar-refractivity contribution in [1.29, 1.82) is 0 Å². The number of hydrogen-bond donors (Lipinski definition) is 1. The van der Waals surface area contributed by atoms with Gasteiger partial charge in [0.15, 0.2) is 9.88 Å². The third kappa shape index (κ3) is 4.19. The summed E-state index contributed by atoms with van der Waals surface area (Å²) in [6.07, 6.45) is 4.10. The van der Waals surface area contributed by atoms with Crippen molar-refractivity contribution < 1.29 is 9.35 Å². The molecule has 1 atom stereocenters. The van der Waals surface area contributed by atoms with Crippen LogP contribution in [0, 0.1) is 0 Å². The van der Waals surface area contributed by atoms with E-state index in [4.69, 9.17) is 11.6 Å². The molecule has 1 aliphatic carbocycles. The molecule has 7 heteroatoms. The van der Waals surface area contributed by atoms with Crippen LogP contribution in [0.4, 0.5) is 5.13 Å². The van der Waals surface area contributed by atoms with Gasteiger partial charge in [0, 0.05) is 16.0 Å². The van der Waals surface area contributed by atoms with E-state index in [1.54, 1.807) is 13.8 Å². The maximum Gasteiger partial charge on any atom is 0.281 e. The molecular weight excluding hydrogens is 376 g/mol. The minimum absolute atomic E-state index is 0.127. The van der Waals surface area contributed by atoms with Crippen molar-refractivity contribution in [2.24, 2.45) is 0 Å². The molecule has 0 aliphatic heterocycles. The monoisotopic (exact) mass is 396 g/mol. The molecule has 1 aliphatic rings. The van der Waals surface area contributed by atoms with E-state index in [9.17, 15) is 9.35 Å². The standard InChI is InChI=1S/C18H21ClN2O2S2/c1-18(2,25(23)14-5-3-4-6-14)16(22)21-17-20-15(11-24-17)12-7-9-13(19)10-8-12/h7-11,14H,3-6H2,1-2H3,(H,20,21,22). The zero-order valence-corrected chi connectivity index (χ0v) is 16.6. The number of hydrogen-bond acceptors (Lipinski definition) is 4. The number of carbonyl (C=O) groups excluding carboxylic acids is 1. The molecule has 0 saturated heterocycles. The molecule has 1 saturated carbocycles. The smallest absolute Gasteiger partial charge is 0.281 e. The number of nitrogens with zero attached hydrogens (tertiary/aromatic N) is 1. The number of carbonyl (C=O) groups is 1. The molecule has 25 heavy (non-hydrogen) atoms. The van der Waals surface area contributed by atoms with E-state index >= 15 is 0 Å². The molecular formula is C18H21ClN2O2S2. The zero-order valence-electron chi connectivity index (χ0n) is 14.3. The van der Waals surface area contributed by atoms with Gasteiger partial charge >= 0.3 is 0 Å². The first-order chi connectivity index (χ1) is 11.9. The summed E-state index contributed by atoms with van der Waals surface area (Å²) < 4.78 is 11.8. The van der Waals surface area contributed by atoms with Gasteiger partial charge in [0.2, 0.25) is 0 Å². The summed E-state index contributed by atoms with van der Waals surface area (Å²) in [5.74, 6) is -0.241. The fourth-order valence-corrected chi connectivity index (χ4v) is 5.61. The average Bonchev–Trinajstić information content (AvgIpc) is 3.26. The Labute approximate surface area is 160 Å². The van der Waals surface area contributed by atoms with Gasteiger partial charge < -0.3 is 4.55 Å². The van der Waals surface area contributed by atoms with Crippen molar-refractivity contribution in [3.8, 4) is 11.3 Å². The Morgan fingerprint density at radius 1 is 1.32 bits per heavy atom. The van der Waals surface area contributed by atoms with Gasteiger partial charge in [0.25, 0.3) is 5.91 Å². The molecule has 3 rings (SSSR count). The summed E-state index contributed by atoms with van der Waals surface area (Å²) in [6.45, 7) is 3.51. The van der Waals surface area contributed by atoms with Crippen LogP contribution in [-0.4, -0.2) is 25.4 Å². The van der Waals surface area contributed by atoms with Crippen LogP contribution in [0.1, 0.15) is 39.5 Å². The molecule has 0 bridgehead atoms. The van der Waals surface area contributed by atoms with Crippen molar-refractivity contribution in [2.75, 3.05) is 5.32 Å². The van der Waals surface area contributed by atoms with Crippen molar-refractivity contribution >= 4 is 45.2 Å². The van der Waals surface area contributed by atoms with Gasteiger partial charge in [-0.15, -0.1) is 11.3 Å². The number of rotatable bonds is 5. The van der Waals surface area contributed by atoms with E-state index in [1.165, 1.54) is 11.3 Å². The van der Waals surface area contributed by atoms with Crippen LogP contribution in [0.3, 0.4) is 0 Å². The van der Waals surface area contributed by atoms with Crippen molar-refractivity contribution in [2.45, 2.75) is 49.5 Å². The normalized spacial score (nSPS) is 16.8. The van der Waals surface area contributed by atoms with Crippen LogP contribution >= 0.6 is 22.9 Å². The SMILES string of the molecule is CC(C)(C(=O)Nc1nc(-c2ccc(Cl)cc2)cs1)[S+]([O-])C1CCCC1. The van der Waals surface area contributed by atoms with E-state index in [2.05, 4.69) is 10.3 Å². The number of halogens is 1. The van der Waals surface area contributed by atoms with E-state index in [0.29, 0.717) is 10.2 Å². The molecule has 0 spiro atoms. The lowest BCUT2D eigenvalue weighted by Crippen LogP contribution is -2.48. The number of nitrogens with one attached hydrogen (secondary N) is 1. The molecule has 1 unspecified atom stereocenters. The van der Waals surface area contributed by atoms with Gasteiger partial charge in [-0.1, -0.05) is 23.7 Å². The van der Waals surface area contributed by atoms with Crippen molar-refractivity contribution in [1.82, 2.24) is 4.98 Å². The number of aromatic nitrogens is 1. The second kappa shape index (κ2) is 7.66. The molecule has 2 aromatic rings. The van der Waals surface area contributed by atoms with Crippen LogP contribution in [-0.2, 0) is 16.0 Å². The highest BCUT2D eigenvalue weighted by Gasteiger charge is 2.45. The van der Waals surface area contributed by atoms with E-state index in [-0.39, 0.29) is 11.2 Å². The summed E-state index contributed by atoms with van der Waals surface area (Å²) >= 11 is 6.07. The maximum atomic E-state index is 12.8.